The molecule has 0 bridgehead atoms. The highest BCUT2D eigenvalue weighted by atomic mass is 35.5. The van der Waals surface area contributed by atoms with Crippen LogP contribution in [0.1, 0.15) is 10.4 Å². The molecule has 0 saturated heterocycles. The van der Waals surface area contributed by atoms with Crippen LogP contribution in [0.15, 0.2) is 30.6 Å². The van der Waals surface area contributed by atoms with Crippen LogP contribution in [0.4, 0.5) is 11.4 Å². The van der Waals surface area contributed by atoms with Gasteiger partial charge in [0.25, 0.3) is 11.6 Å². The van der Waals surface area contributed by atoms with E-state index in [0.29, 0.717) is 0 Å². The van der Waals surface area contributed by atoms with Crippen molar-refractivity contribution in [1.82, 2.24) is 9.97 Å². The Bertz CT molecular complexity index is 673. The zero-order valence-corrected chi connectivity index (χ0v) is 11.2. The van der Waals surface area contributed by atoms with Crippen molar-refractivity contribution in [3.63, 3.8) is 0 Å². The van der Waals surface area contributed by atoms with Crippen molar-refractivity contribution in [2.45, 2.75) is 0 Å². The van der Waals surface area contributed by atoms with Gasteiger partial charge in [0, 0.05) is 6.07 Å². The molecule has 1 amide bonds. The van der Waals surface area contributed by atoms with E-state index in [1.807, 2.05) is 0 Å². The summed E-state index contributed by atoms with van der Waals surface area (Å²) in [7, 11) is 0. The van der Waals surface area contributed by atoms with Crippen molar-refractivity contribution < 1.29 is 9.72 Å². The van der Waals surface area contributed by atoms with Crippen LogP contribution in [-0.2, 0) is 0 Å². The van der Waals surface area contributed by atoms with E-state index >= 15 is 0 Å². The van der Waals surface area contributed by atoms with Gasteiger partial charge in [-0.05, 0) is 6.07 Å². The smallest absolute Gasteiger partial charge is 0.282 e. The van der Waals surface area contributed by atoms with Crippen LogP contribution in [0, 0.1) is 10.1 Å². The predicted molar refractivity (Wildman–Crippen MR) is 73.1 cm³/mol. The molecular formula is C11H6Cl2N4O3. The van der Waals surface area contributed by atoms with Crippen LogP contribution >= 0.6 is 23.2 Å². The fourth-order valence-corrected chi connectivity index (χ4v) is 1.86. The Morgan fingerprint density at radius 3 is 2.40 bits per heavy atom. The van der Waals surface area contributed by atoms with Gasteiger partial charge in [0.1, 0.15) is 17.6 Å². The lowest BCUT2D eigenvalue weighted by Gasteiger charge is -2.07. The van der Waals surface area contributed by atoms with Crippen LogP contribution in [-0.4, -0.2) is 20.8 Å². The summed E-state index contributed by atoms with van der Waals surface area (Å²) in [5.74, 6) is -0.726. The molecule has 1 aromatic carbocycles. The van der Waals surface area contributed by atoms with Gasteiger partial charge in [-0.25, -0.2) is 9.97 Å². The molecule has 0 aliphatic carbocycles. The van der Waals surface area contributed by atoms with E-state index in [4.69, 9.17) is 23.2 Å². The van der Waals surface area contributed by atoms with Crippen LogP contribution in [0.2, 0.25) is 10.3 Å². The minimum Gasteiger partial charge on any atom is -0.317 e. The van der Waals surface area contributed by atoms with E-state index in [2.05, 4.69) is 15.3 Å². The molecule has 7 nitrogen and oxygen atoms in total. The summed E-state index contributed by atoms with van der Waals surface area (Å²) in [6.07, 6.45) is 1.13. The van der Waals surface area contributed by atoms with Gasteiger partial charge in [-0.3, -0.25) is 14.9 Å². The number of hydrogen-bond acceptors (Lipinski definition) is 5. The minimum atomic E-state index is -0.726. The fourth-order valence-electron chi connectivity index (χ4n) is 1.45. The molecule has 1 heterocycles. The molecule has 0 radical (unpaired) electrons. The molecule has 102 valence electrons. The second-order valence-electron chi connectivity index (χ2n) is 3.56. The first-order chi connectivity index (χ1) is 9.50. The number of para-hydroxylation sites is 1. The Morgan fingerprint density at radius 2 is 1.80 bits per heavy atom. The van der Waals surface area contributed by atoms with Gasteiger partial charge in [0.2, 0.25) is 0 Å². The maximum absolute atomic E-state index is 12.1. The predicted octanol–water partition coefficient (Wildman–Crippen LogP) is 2.94. The summed E-state index contributed by atoms with van der Waals surface area (Å²) in [5.41, 5.74) is -0.443. The van der Waals surface area contributed by atoms with Gasteiger partial charge in [0.05, 0.1) is 4.92 Å². The SMILES string of the molecule is O=C(Nc1c(Cl)ncnc1Cl)c1ccccc1[N+](=O)[O-]. The van der Waals surface area contributed by atoms with Crippen LogP contribution in [0.5, 0.6) is 0 Å². The summed E-state index contributed by atoms with van der Waals surface area (Å²) >= 11 is 11.6. The molecule has 2 aromatic rings. The zero-order chi connectivity index (χ0) is 14.7. The summed E-state index contributed by atoms with van der Waals surface area (Å²) in [6.45, 7) is 0. The van der Waals surface area contributed by atoms with E-state index in [0.717, 1.165) is 6.33 Å². The zero-order valence-electron chi connectivity index (χ0n) is 9.71. The van der Waals surface area contributed by atoms with E-state index < -0.39 is 10.8 Å². The number of nitro groups is 1. The number of carbonyl (C=O) groups is 1. The van der Waals surface area contributed by atoms with Crippen LogP contribution < -0.4 is 5.32 Å². The molecule has 9 heteroatoms. The molecule has 0 spiro atoms. The molecule has 0 fully saturated rings. The first-order valence-electron chi connectivity index (χ1n) is 5.21. The Hall–Kier alpha value is -2.25. The summed E-state index contributed by atoms with van der Waals surface area (Å²) in [6, 6.07) is 5.51. The molecule has 0 aliphatic rings. The third-order valence-electron chi connectivity index (χ3n) is 2.34. The van der Waals surface area contributed by atoms with Crippen molar-refractivity contribution in [3.05, 3.63) is 56.6 Å². The minimum absolute atomic E-state index is 0.000940. The molecule has 0 aliphatic heterocycles. The third-order valence-corrected chi connectivity index (χ3v) is 2.91. The quantitative estimate of drug-likeness (QED) is 0.533. The second kappa shape index (κ2) is 5.81. The number of amides is 1. The van der Waals surface area contributed by atoms with Gasteiger partial charge >= 0.3 is 0 Å². The van der Waals surface area contributed by atoms with Crippen molar-refractivity contribution in [3.8, 4) is 0 Å². The fraction of sp³-hybridized carbons (Fsp3) is 0. The van der Waals surface area contributed by atoms with Gasteiger partial charge in [-0.1, -0.05) is 35.3 Å². The maximum atomic E-state index is 12.1. The first-order valence-corrected chi connectivity index (χ1v) is 5.97. The van der Waals surface area contributed by atoms with Gasteiger partial charge in [-0.15, -0.1) is 0 Å². The van der Waals surface area contributed by atoms with E-state index in [9.17, 15) is 14.9 Å². The van der Waals surface area contributed by atoms with Crippen molar-refractivity contribution >= 4 is 40.5 Å². The number of rotatable bonds is 3. The third kappa shape index (κ3) is 2.84. The number of benzene rings is 1. The second-order valence-corrected chi connectivity index (χ2v) is 4.27. The number of hydrogen-bond donors (Lipinski definition) is 1. The number of carbonyl (C=O) groups excluding carboxylic acids is 1. The molecule has 1 N–H and O–H groups in total. The number of nitrogens with one attached hydrogen (secondary N) is 1. The molecule has 0 unspecified atom stereocenters. The standard InChI is InChI=1S/C11H6Cl2N4O3/c12-9-8(10(13)15-5-14-9)16-11(18)6-3-1-2-4-7(6)17(19)20/h1-5H,(H,16,18). The molecule has 1 aromatic heterocycles. The normalized spacial score (nSPS) is 10.1. The topological polar surface area (TPSA) is 98.0 Å². The van der Waals surface area contributed by atoms with Gasteiger partial charge in [0.15, 0.2) is 10.3 Å². The van der Waals surface area contributed by atoms with Crippen LogP contribution in [0.3, 0.4) is 0 Å². The van der Waals surface area contributed by atoms with E-state index in [-0.39, 0.29) is 27.2 Å². The van der Waals surface area contributed by atoms with E-state index in [1.54, 1.807) is 0 Å². The largest absolute Gasteiger partial charge is 0.317 e. The first kappa shape index (κ1) is 14.2. The van der Waals surface area contributed by atoms with Crippen molar-refractivity contribution in [2.75, 3.05) is 5.32 Å². The average molecular weight is 313 g/mol. The highest BCUT2D eigenvalue weighted by Gasteiger charge is 2.21. The summed E-state index contributed by atoms with van der Waals surface area (Å²) in [4.78, 5) is 29.6. The Morgan fingerprint density at radius 1 is 1.20 bits per heavy atom. The number of halogens is 2. The number of anilines is 1. The number of aromatic nitrogens is 2. The lowest BCUT2D eigenvalue weighted by Crippen LogP contribution is -2.15. The molecular weight excluding hydrogens is 307 g/mol. The summed E-state index contributed by atoms with van der Waals surface area (Å²) < 4.78 is 0. The lowest BCUT2D eigenvalue weighted by atomic mass is 10.1. The molecule has 20 heavy (non-hydrogen) atoms. The lowest BCUT2D eigenvalue weighted by molar-refractivity contribution is -0.385. The molecule has 0 saturated carbocycles. The number of nitrogens with zero attached hydrogens (tertiary/aromatic N) is 3. The van der Waals surface area contributed by atoms with Gasteiger partial charge < -0.3 is 5.32 Å². The van der Waals surface area contributed by atoms with E-state index in [1.165, 1.54) is 24.3 Å². The molecule has 2 rings (SSSR count). The van der Waals surface area contributed by atoms with Crippen molar-refractivity contribution in [1.29, 1.82) is 0 Å². The monoisotopic (exact) mass is 312 g/mol. The average Bonchev–Trinajstić information content (AvgIpc) is 2.43. The summed E-state index contributed by atoms with van der Waals surface area (Å²) in [5, 5.41) is 13.1. The van der Waals surface area contributed by atoms with Crippen molar-refractivity contribution in [2.24, 2.45) is 0 Å². The number of nitro benzene ring substituents is 1. The van der Waals surface area contributed by atoms with Gasteiger partial charge in [-0.2, -0.15) is 0 Å². The Labute approximate surface area is 122 Å². The Kier molecular flexibility index (Phi) is 4.11. The van der Waals surface area contributed by atoms with Crippen LogP contribution in [0.25, 0.3) is 0 Å². The molecule has 0 atom stereocenters. The highest BCUT2D eigenvalue weighted by Crippen LogP contribution is 2.27. The maximum Gasteiger partial charge on any atom is 0.282 e. The Balaban J connectivity index is 2.36. The highest BCUT2D eigenvalue weighted by molar-refractivity contribution is 6.38.